The van der Waals surface area contributed by atoms with Crippen molar-refractivity contribution in [1.29, 1.82) is 0 Å². The van der Waals surface area contributed by atoms with E-state index in [1.54, 1.807) is 7.05 Å². The molecule has 1 aliphatic rings. The summed E-state index contributed by atoms with van der Waals surface area (Å²) in [6.07, 6.45) is 2.86. The van der Waals surface area contributed by atoms with E-state index in [4.69, 9.17) is 4.74 Å². The molecular weight excluding hydrogens is 292 g/mol. The van der Waals surface area contributed by atoms with Crippen molar-refractivity contribution in [3.63, 3.8) is 0 Å². The van der Waals surface area contributed by atoms with E-state index in [2.05, 4.69) is 28.6 Å². The molecule has 2 heterocycles. The van der Waals surface area contributed by atoms with E-state index in [-0.39, 0.29) is 10.9 Å². The van der Waals surface area contributed by atoms with Crippen molar-refractivity contribution in [2.45, 2.75) is 24.8 Å². The lowest BCUT2D eigenvalue weighted by Gasteiger charge is -2.36. The van der Waals surface area contributed by atoms with Crippen LogP contribution in [0.2, 0.25) is 0 Å². The first kappa shape index (κ1) is 16.4. The van der Waals surface area contributed by atoms with Crippen LogP contribution in [0.4, 0.5) is 0 Å². The van der Waals surface area contributed by atoms with Crippen molar-refractivity contribution in [3.8, 4) is 0 Å². The first-order chi connectivity index (χ1) is 9.90. The van der Waals surface area contributed by atoms with Gasteiger partial charge in [0.1, 0.15) is 4.90 Å². The van der Waals surface area contributed by atoms with Gasteiger partial charge in [-0.3, -0.25) is 9.58 Å². The molecule has 1 aromatic heterocycles. The maximum absolute atomic E-state index is 12.2. The summed E-state index contributed by atoms with van der Waals surface area (Å²) in [5.74, 6) is 0.361. The summed E-state index contributed by atoms with van der Waals surface area (Å²) < 4.78 is 34.0. The van der Waals surface area contributed by atoms with Crippen LogP contribution in [0, 0.1) is 5.92 Å². The molecule has 1 unspecified atom stereocenters. The van der Waals surface area contributed by atoms with Gasteiger partial charge in [0, 0.05) is 38.9 Å². The maximum atomic E-state index is 12.2. The Hall–Kier alpha value is -0.960. The fourth-order valence-electron chi connectivity index (χ4n) is 2.51. The molecule has 0 amide bonds. The fraction of sp³-hybridized carbons (Fsp3) is 0.769. The number of hydrogen-bond donors (Lipinski definition) is 1. The quantitative estimate of drug-likeness (QED) is 0.803. The highest BCUT2D eigenvalue weighted by Gasteiger charge is 2.26. The summed E-state index contributed by atoms with van der Waals surface area (Å²) in [4.78, 5) is 2.49. The Labute approximate surface area is 126 Å². The van der Waals surface area contributed by atoms with Gasteiger partial charge in [0.2, 0.25) is 10.0 Å². The van der Waals surface area contributed by atoms with Crippen LogP contribution in [0.25, 0.3) is 0 Å². The summed E-state index contributed by atoms with van der Waals surface area (Å²) >= 11 is 0. The molecule has 1 fully saturated rings. The number of hydrogen-bond acceptors (Lipinski definition) is 5. The number of nitrogens with one attached hydrogen (secondary N) is 1. The minimum atomic E-state index is -3.50. The molecule has 0 aromatic carbocycles. The number of morpholine rings is 1. The highest BCUT2D eigenvalue weighted by Crippen LogP contribution is 2.14. The summed E-state index contributed by atoms with van der Waals surface area (Å²) in [6, 6.07) is 0.167. The average molecular weight is 316 g/mol. The van der Waals surface area contributed by atoms with Gasteiger partial charge >= 0.3 is 0 Å². The van der Waals surface area contributed by atoms with Crippen molar-refractivity contribution < 1.29 is 13.2 Å². The molecule has 0 saturated carbocycles. The summed E-state index contributed by atoms with van der Waals surface area (Å²) in [7, 11) is -1.80. The third kappa shape index (κ3) is 4.26. The van der Waals surface area contributed by atoms with Crippen molar-refractivity contribution in [1.82, 2.24) is 19.4 Å². The van der Waals surface area contributed by atoms with E-state index in [9.17, 15) is 8.42 Å². The van der Waals surface area contributed by atoms with E-state index in [1.165, 1.54) is 17.1 Å². The van der Waals surface area contributed by atoms with Gasteiger partial charge in [-0.15, -0.1) is 0 Å². The van der Waals surface area contributed by atoms with Crippen LogP contribution in [0.3, 0.4) is 0 Å². The van der Waals surface area contributed by atoms with Crippen LogP contribution in [0.5, 0.6) is 0 Å². The van der Waals surface area contributed by atoms with Crippen molar-refractivity contribution in [3.05, 3.63) is 12.4 Å². The fourth-order valence-corrected chi connectivity index (χ4v) is 3.55. The van der Waals surface area contributed by atoms with E-state index >= 15 is 0 Å². The predicted octanol–water partition coefficient (Wildman–Crippen LogP) is 0.0552. The lowest BCUT2D eigenvalue weighted by Crippen LogP contribution is -2.51. The molecule has 0 aliphatic carbocycles. The highest BCUT2D eigenvalue weighted by molar-refractivity contribution is 7.89. The lowest BCUT2D eigenvalue weighted by atomic mass is 10.0. The molecule has 8 heteroatoms. The van der Waals surface area contributed by atoms with Crippen LogP contribution >= 0.6 is 0 Å². The van der Waals surface area contributed by atoms with Gasteiger partial charge in [-0.1, -0.05) is 13.8 Å². The normalized spacial score (nSPS) is 19.0. The van der Waals surface area contributed by atoms with E-state index in [0.717, 1.165) is 13.1 Å². The number of rotatable bonds is 6. The van der Waals surface area contributed by atoms with Gasteiger partial charge in [-0.05, 0) is 5.92 Å². The molecule has 1 aromatic rings. The number of aromatic nitrogens is 2. The molecule has 7 nitrogen and oxygen atoms in total. The Balaban J connectivity index is 2.01. The third-order valence-electron chi connectivity index (χ3n) is 3.76. The smallest absolute Gasteiger partial charge is 0.243 e. The Morgan fingerprint density at radius 1 is 1.38 bits per heavy atom. The number of aryl methyl sites for hydroxylation is 1. The first-order valence-corrected chi connectivity index (χ1v) is 8.68. The molecule has 1 atom stereocenters. The van der Waals surface area contributed by atoms with Crippen LogP contribution in [-0.4, -0.2) is 62.0 Å². The number of nitrogens with zero attached hydrogens (tertiary/aromatic N) is 3. The Kier molecular flexibility index (Phi) is 5.37. The zero-order chi connectivity index (χ0) is 15.5. The Morgan fingerprint density at radius 2 is 2.05 bits per heavy atom. The Morgan fingerprint density at radius 3 is 2.57 bits per heavy atom. The van der Waals surface area contributed by atoms with Crippen LogP contribution < -0.4 is 4.72 Å². The zero-order valence-electron chi connectivity index (χ0n) is 12.8. The van der Waals surface area contributed by atoms with Gasteiger partial charge in [0.25, 0.3) is 0 Å². The van der Waals surface area contributed by atoms with Crippen molar-refractivity contribution in [2.75, 3.05) is 32.8 Å². The topological polar surface area (TPSA) is 76.5 Å². The van der Waals surface area contributed by atoms with Gasteiger partial charge in [-0.2, -0.15) is 5.10 Å². The highest BCUT2D eigenvalue weighted by atomic mass is 32.2. The van der Waals surface area contributed by atoms with Crippen LogP contribution in [0.1, 0.15) is 13.8 Å². The van der Waals surface area contributed by atoms with E-state index in [1.807, 2.05) is 0 Å². The zero-order valence-corrected chi connectivity index (χ0v) is 13.6. The van der Waals surface area contributed by atoms with Gasteiger partial charge in [-0.25, -0.2) is 13.1 Å². The second kappa shape index (κ2) is 6.87. The molecule has 0 bridgehead atoms. The third-order valence-corrected chi connectivity index (χ3v) is 5.14. The summed E-state index contributed by atoms with van der Waals surface area (Å²) in [6.45, 7) is 7.72. The SMILES string of the molecule is CC(C)C(CNS(=O)(=O)c1cnn(C)c1)N1CCOCC1. The molecule has 0 radical (unpaired) electrons. The largest absolute Gasteiger partial charge is 0.379 e. The monoisotopic (exact) mass is 316 g/mol. The Bertz CT molecular complexity index is 550. The van der Waals surface area contributed by atoms with Crippen molar-refractivity contribution in [2.24, 2.45) is 13.0 Å². The molecule has 21 heavy (non-hydrogen) atoms. The van der Waals surface area contributed by atoms with Gasteiger partial charge < -0.3 is 4.74 Å². The van der Waals surface area contributed by atoms with E-state index < -0.39 is 10.0 Å². The maximum Gasteiger partial charge on any atom is 0.243 e. The summed E-state index contributed by atoms with van der Waals surface area (Å²) in [5.41, 5.74) is 0. The number of sulfonamides is 1. The average Bonchev–Trinajstić information content (AvgIpc) is 2.87. The van der Waals surface area contributed by atoms with Gasteiger partial charge in [0.05, 0.1) is 19.4 Å². The van der Waals surface area contributed by atoms with Crippen molar-refractivity contribution >= 4 is 10.0 Å². The molecule has 1 N–H and O–H groups in total. The van der Waals surface area contributed by atoms with Crippen LogP contribution in [0.15, 0.2) is 17.3 Å². The second-order valence-corrected chi connectivity index (χ2v) is 7.43. The molecular formula is C13H24N4O3S. The minimum Gasteiger partial charge on any atom is -0.379 e. The first-order valence-electron chi connectivity index (χ1n) is 7.20. The lowest BCUT2D eigenvalue weighted by molar-refractivity contribution is 0.00776. The second-order valence-electron chi connectivity index (χ2n) is 5.66. The van der Waals surface area contributed by atoms with Gasteiger partial charge in [0.15, 0.2) is 0 Å². The minimum absolute atomic E-state index is 0.167. The molecule has 1 aliphatic heterocycles. The predicted molar refractivity (Wildman–Crippen MR) is 79.4 cm³/mol. The molecule has 2 rings (SSSR count). The summed E-state index contributed by atoms with van der Waals surface area (Å²) in [5, 5.41) is 3.91. The molecule has 0 spiro atoms. The number of ether oxygens (including phenoxy) is 1. The molecule has 120 valence electrons. The molecule has 1 saturated heterocycles. The van der Waals surface area contributed by atoms with E-state index in [0.29, 0.717) is 25.7 Å². The standard InChI is InChI=1S/C13H24N4O3S/c1-11(2)13(17-4-6-20-7-5-17)9-15-21(18,19)12-8-14-16(3)10-12/h8,10-11,13,15H,4-7,9H2,1-3H3. The van der Waals surface area contributed by atoms with Crippen LogP contribution in [-0.2, 0) is 21.8 Å².